The van der Waals surface area contributed by atoms with E-state index in [-0.39, 0.29) is 6.04 Å². The second-order valence-corrected chi connectivity index (χ2v) is 10.7. The van der Waals surface area contributed by atoms with Crippen LogP contribution in [0.25, 0.3) is 5.82 Å². The third-order valence-corrected chi connectivity index (χ3v) is 7.91. The lowest BCUT2D eigenvalue weighted by Crippen LogP contribution is -2.54. The van der Waals surface area contributed by atoms with Crippen LogP contribution in [0.5, 0.6) is 0 Å². The monoisotopic (exact) mass is 557 g/mol. The smallest absolute Gasteiger partial charge is 0.227 e. The summed E-state index contributed by atoms with van der Waals surface area (Å²) in [6, 6.07) is 6.99. The van der Waals surface area contributed by atoms with E-state index in [1.165, 1.54) is 10.9 Å². The Balaban J connectivity index is 1.17. The number of rotatable bonds is 7. The van der Waals surface area contributed by atoms with E-state index in [2.05, 4.69) is 40.4 Å². The van der Waals surface area contributed by atoms with Crippen LogP contribution in [0.1, 0.15) is 49.7 Å². The topological polar surface area (TPSA) is 133 Å². The SMILES string of the molecule is CC1=NC2(CCN(c3nc(C)cc(Nc4cc(C)[nH]n4)n3)CC2)C(C=O)N1C(C)c1ccc(-n2cc(F)cn2)nc1. The number of carbonyl (C=O) groups excluding carboxylic acids is 1. The van der Waals surface area contributed by atoms with Gasteiger partial charge in [0.05, 0.1) is 29.8 Å². The van der Waals surface area contributed by atoms with E-state index < -0.39 is 17.4 Å². The van der Waals surface area contributed by atoms with Crippen LogP contribution >= 0.6 is 0 Å². The number of carbonyl (C=O) groups is 1. The molecule has 0 bridgehead atoms. The first-order chi connectivity index (χ1) is 19.7. The Kier molecular flexibility index (Phi) is 6.72. The second kappa shape index (κ2) is 10.4. The summed E-state index contributed by atoms with van der Waals surface area (Å²) in [5.74, 6) is 2.94. The molecule has 41 heavy (non-hydrogen) atoms. The van der Waals surface area contributed by atoms with Crippen molar-refractivity contribution in [1.29, 1.82) is 0 Å². The van der Waals surface area contributed by atoms with Gasteiger partial charge < -0.3 is 19.9 Å². The minimum atomic E-state index is -0.520. The molecule has 6 heterocycles. The zero-order chi connectivity index (χ0) is 28.7. The molecule has 0 aromatic carbocycles. The van der Waals surface area contributed by atoms with E-state index in [1.807, 2.05) is 45.9 Å². The van der Waals surface area contributed by atoms with Crippen molar-refractivity contribution in [1.82, 2.24) is 39.8 Å². The van der Waals surface area contributed by atoms with Crippen LogP contribution in [0.4, 0.5) is 22.0 Å². The Bertz CT molecular complexity index is 1590. The fourth-order valence-electron chi connectivity index (χ4n) is 5.86. The lowest BCUT2D eigenvalue weighted by atomic mass is 9.81. The van der Waals surface area contributed by atoms with Gasteiger partial charge in [0.1, 0.15) is 18.1 Å². The fourth-order valence-corrected chi connectivity index (χ4v) is 5.86. The molecule has 0 aliphatic carbocycles. The van der Waals surface area contributed by atoms with E-state index in [1.54, 1.807) is 12.3 Å². The number of halogens is 1. The molecule has 1 saturated heterocycles. The number of amidine groups is 1. The average molecular weight is 558 g/mol. The van der Waals surface area contributed by atoms with E-state index in [9.17, 15) is 9.18 Å². The standard InChI is InChI=1S/C28H32FN11O/c1-17-11-24(33-25-12-18(2)36-37-25)34-27(32-17)38-9-7-28(8-10-38)23(16-41)40(20(4)35-28)19(3)21-5-6-26(30-13-21)39-15-22(29)14-31-39/h5-6,11-16,19,23H,7-10H2,1-4H3,(H2,32,33,34,36,37). The maximum atomic E-state index is 13.4. The number of pyridine rings is 1. The summed E-state index contributed by atoms with van der Waals surface area (Å²) in [6.45, 7) is 9.23. The van der Waals surface area contributed by atoms with Gasteiger partial charge in [-0.2, -0.15) is 15.2 Å². The molecule has 1 fully saturated rings. The molecule has 2 unspecified atom stereocenters. The van der Waals surface area contributed by atoms with Crippen LogP contribution in [0.2, 0.25) is 0 Å². The van der Waals surface area contributed by atoms with Gasteiger partial charge in [0.25, 0.3) is 0 Å². The maximum absolute atomic E-state index is 13.4. The first kappa shape index (κ1) is 26.5. The minimum absolute atomic E-state index is 0.137. The minimum Gasteiger partial charge on any atom is -0.342 e. The molecule has 1 spiro atoms. The van der Waals surface area contributed by atoms with E-state index in [0.717, 1.165) is 35.3 Å². The molecule has 12 nitrogen and oxygen atoms in total. The Hall–Kier alpha value is -4.68. The summed E-state index contributed by atoms with van der Waals surface area (Å²) in [5, 5.41) is 14.4. The summed E-state index contributed by atoms with van der Waals surface area (Å²) in [4.78, 5) is 35.8. The Labute approximate surface area is 236 Å². The molecule has 0 radical (unpaired) electrons. The van der Waals surface area contributed by atoms with Crippen LogP contribution in [-0.4, -0.2) is 76.6 Å². The predicted octanol–water partition coefficient (Wildman–Crippen LogP) is 3.68. The molecule has 0 amide bonds. The van der Waals surface area contributed by atoms with Crippen molar-refractivity contribution in [3.05, 3.63) is 65.6 Å². The van der Waals surface area contributed by atoms with E-state index in [0.29, 0.717) is 49.3 Å². The third kappa shape index (κ3) is 5.03. The van der Waals surface area contributed by atoms with Crippen molar-refractivity contribution in [3.63, 3.8) is 0 Å². The molecule has 2 atom stereocenters. The zero-order valence-electron chi connectivity index (χ0n) is 23.4. The summed E-state index contributed by atoms with van der Waals surface area (Å²) >= 11 is 0. The van der Waals surface area contributed by atoms with Crippen LogP contribution < -0.4 is 10.2 Å². The molecule has 2 aliphatic rings. The van der Waals surface area contributed by atoms with Gasteiger partial charge >= 0.3 is 0 Å². The van der Waals surface area contributed by atoms with Gasteiger partial charge in [-0.3, -0.25) is 10.1 Å². The number of aldehydes is 1. The van der Waals surface area contributed by atoms with E-state index in [4.69, 9.17) is 9.98 Å². The molecule has 4 aromatic heterocycles. The van der Waals surface area contributed by atoms with Crippen molar-refractivity contribution in [2.24, 2.45) is 4.99 Å². The lowest BCUT2D eigenvalue weighted by molar-refractivity contribution is -0.113. The first-order valence-electron chi connectivity index (χ1n) is 13.6. The van der Waals surface area contributed by atoms with Crippen LogP contribution in [0.3, 0.4) is 0 Å². The number of aliphatic imine (C=N–C) groups is 1. The average Bonchev–Trinajstić information content (AvgIpc) is 3.65. The summed E-state index contributed by atoms with van der Waals surface area (Å²) in [6.07, 6.45) is 6.57. The highest BCUT2D eigenvalue weighted by molar-refractivity contribution is 5.88. The number of aromatic nitrogens is 7. The molecule has 6 rings (SSSR count). The molecule has 0 saturated carbocycles. The van der Waals surface area contributed by atoms with E-state index >= 15 is 0 Å². The quantitative estimate of drug-likeness (QED) is 0.327. The van der Waals surface area contributed by atoms with Crippen LogP contribution in [0.15, 0.2) is 47.8 Å². The van der Waals surface area contributed by atoms with Gasteiger partial charge in [-0.15, -0.1) is 0 Å². The van der Waals surface area contributed by atoms with Gasteiger partial charge in [-0.05, 0) is 52.2 Å². The lowest BCUT2D eigenvalue weighted by Gasteiger charge is -2.42. The van der Waals surface area contributed by atoms with Crippen molar-refractivity contribution in [3.8, 4) is 5.82 Å². The number of H-pyrrole nitrogens is 1. The molecule has 2 aliphatic heterocycles. The summed E-state index contributed by atoms with van der Waals surface area (Å²) in [7, 11) is 0. The van der Waals surface area contributed by atoms with Gasteiger partial charge in [0.15, 0.2) is 17.5 Å². The Morgan fingerprint density at radius 3 is 2.56 bits per heavy atom. The third-order valence-electron chi connectivity index (χ3n) is 7.91. The van der Waals surface area contributed by atoms with Crippen molar-refractivity contribution in [2.75, 3.05) is 23.3 Å². The normalized spacial score (nSPS) is 19.0. The number of nitrogens with one attached hydrogen (secondary N) is 2. The van der Waals surface area contributed by atoms with Gasteiger partial charge in [0, 0.05) is 42.8 Å². The zero-order valence-corrected chi connectivity index (χ0v) is 23.4. The van der Waals surface area contributed by atoms with Crippen molar-refractivity contribution in [2.45, 2.75) is 58.2 Å². The number of nitrogens with zero attached hydrogens (tertiary/aromatic N) is 9. The van der Waals surface area contributed by atoms with Crippen LogP contribution in [0, 0.1) is 19.7 Å². The highest BCUT2D eigenvalue weighted by atomic mass is 19.1. The van der Waals surface area contributed by atoms with Crippen molar-refractivity contribution < 1.29 is 9.18 Å². The number of aromatic amines is 1. The van der Waals surface area contributed by atoms with Crippen molar-refractivity contribution >= 4 is 29.7 Å². The molecule has 212 valence electrons. The molecule has 4 aromatic rings. The molecular formula is C28H32FN11O. The highest BCUT2D eigenvalue weighted by Crippen LogP contribution is 2.41. The predicted molar refractivity (Wildman–Crippen MR) is 152 cm³/mol. The Morgan fingerprint density at radius 2 is 1.93 bits per heavy atom. The highest BCUT2D eigenvalue weighted by Gasteiger charge is 2.50. The number of hydrogen-bond donors (Lipinski definition) is 2. The maximum Gasteiger partial charge on any atom is 0.227 e. The molecular weight excluding hydrogens is 525 g/mol. The number of piperidine rings is 1. The van der Waals surface area contributed by atoms with Gasteiger partial charge in [0.2, 0.25) is 5.95 Å². The molecule has 2 N–H and O–H groups in total. The summed E-state index contributed by atoms with van der Waals surface area (Å²) < 4.78 is 14.8. The van der Waals surface area contributed by atoms with Gasteiger partial charge in [-0.1, -0.05) is 6.07 Å². The van der Waals surface area contributed by atoms with Gasteiger partial charge in [-0.25, -0.2) is 19.0 Å². The second-order valence-electron chi connectivity index (χ2n) is 10.7. The number of aryl methyl sites for hydroxylation is 2. The number of hydrogen-bond acceptors (Lipinski definition) is 10. The largest absolute Gasteiger partial charge is 0.342 e. The first-order valence-corrected chi connectivity index (χ1v) is 13.6. The van der Waals surface area contributed by atoms with Crippen LogP contribution in [-0.2, 0) is 4.79 Å². The molecule has 13 heteroatoms. The fraction of sp³-hybridized carbons (Fsp3) is 0.393. The number of anilines is 3. The summed E-state index contributed by atoms with van der Waals surface area (Å²) in [5.41, 5.74) is 2.22. The Morgan fingerprint density at radius 1 is 1.12 bits per heavy atom.